The molecule has 0 aliphatic rings. The van der Waals surface area contributed by atoms with Crippen molar-refractivity contribution in [3.63, 3.8) is 0 Å². The van der Waals surface area contributed by atoms with E-state index in [1.54, 1.807) is 0 Å². The summed E-state index contributed by atoms with van der Waals surface area (Å²) in [5.41, 5.74) is 0. The quantitative estimate of drug-likeness (QED) is 0.0222. The number of carbonyl (C=O) groups excluding carboxylic acids is 4. The molecule has 0 aromatic heterocycles. The van der Waals surface area contributed by atoms with Crippen molar-refractivity contribution >= 4 is 39.5 Å². The summed E-state index contributed by atoms with van der Waals surface area (Å²) in [5, 5.41) is 10.6. The van der Waals surface area contributed by atoms with E-state index in [0.717, 1.165) is 102 Å². The molecule has 0 saturated carbocycles. The molecule has 5 atom stereocenters. The topological polar surface area (TPSA) is 237 Å². The van der Waals surface area contributed by atoms with Crippen LogP contribution in [0.15, 0.2) is 0 Å². The molecule has 0 rings (SSSR count). The molecule has 600 valence electrons. The number of rotatable bonds is 82. The van der Waals surface area contributed by atoms with Crippen molar-refractivity contribution in [1.82, 2.24) is 0 Å². The van der Waals surface area contributed by atoms with Crippen LogP contribution in [0, 0.1) is 5.92 Å². The highest BCUT2D eigenvalue weighted by molar-refractivity contribution is 7.47. The summed E-state index contributed by atoms with van der Waals surface area (Å²) < 4.78 is 68.6. The first-order valence-corrected chi connectivity index (χ1v) is 45.6. The predicted molar refractivity (Wildman–Crippen MR) is 414 cm³/mol. The van der Waals surface area contributed by atoms with Crippen molar-refractivity contribution in [2.45, 2.75) is 457 Å². The second-order valence-corrected chi connectivity index (χ2v) is 32.9. The van der Waals surface area contributed by atoms with E-state index in [1.165, 1.54) is 257 Å². The number of hydrogen-bond donors (Lipinski definition) is 3. The third-order valence-electron chi connectivity index (χ3n) is 19.3. The highest BCUT2D eigenvalue weighted by atomic mass is 31.2. The fourth-order valence-corrected chi connectivity index (χ4v) is 14.3. The maximum Gasteiger partial charge on any atom is 0.472 e. The molecule has 101 heavy (non-hydrogen) atoms. The number of phosphoric acid groups is 2. The molecule has 2 unspecified atom stereocenters. The van der Waals surface area contributed by atoms with Gasteiger partial charge in [0.1, 0.15) is 19.3 Å². The monoisotopic (exact) mass is 1480 g/mol. The molecule has 17 nitrogen and oxygen atoms in total. The summed E-state index contributed by atoms with van der Waals surface area (Å²) in [6.45, 7) is 7.27. The summed E-state index contributed by atoms with van der Waals surface area (Å²) in [6.07, 6.45) is 67.0. The molecule has 19 heteroatoms. The van der Waals surface area contributed by atoms with E-state index in [2.05, 4.69) is 34.6 Å². The van der Waals surface area contributed by atoms with Crippen LogP contribution in [0.2, 0.25) is 0 Å². The number of unbranched alkanes of at least 4 members (excludes halogenated alkanes) is 54. The van der Waals surface area contributed by atoms with Gasteiger partial charge in [-0.15, -0.1) is 0 Å². The van der Waals surface area contributed by atoms with Crippen molar-refractivity contribution in [3.05, 3.63) is 0 Å². The molecule has 0 amide bonds. The van der Waals surface area contributed by atoms with Crippen LogP contribution in [0.1, 0.15) is 439 Å². The third-order valence-corrected chi connectivity index (χ3v) is 21.2. The molecule has 0 saturated heterocycles. The lowest BCUT2D eigenvalue weighted by Crippen LogP contribution is -2.30. The Morgan fingerprint density at radius 2 is 0.455 bits per heavy atom. The first-order chi connectivity index (χ1) is 49.0. The molecule has 0 aromatic carbocycles. The van der Waals surface area contributed by atoms with Crippen molar-refractivity contribution < 1.29 is 80.2 Å². The number of hydrogen-bond acceptors (Lipinski definition) is 15. The number of aliphatic hydroxyl groups excluding tert-OH is 1. The van der Waals surface area contributed by atoms with Gasteiger partial charge in [-0.05, 0) is 31.6 Å². The summed E-state index contributed by atoms with van der Waals surface area (Å²) in [4.78, 5) is 72.9. The molecule has 0 fully saturated rings. The molecule has 0 radical (unpaired) electrons. The van der Waals surface area contributed by atoms with E-state index in [4.69, 9.17) is 37.0 Å². The Morgan fingerprint density at radius 1 is 0.267 bits per heavy atom. The Labute approximate surface area is 619 Å². The minimum Gasteiger partial charge on any atom is -0.462 e. The van der Waals surface area contributed by atoms with Crippen molar-refractivity contribution in [3.8, 4) is 0 Å². The molecule has 0 aromatic rings. The van der Waals surface area contributed by atoms with Gasteiger partial charge in [-0.1, -0.05) is 388 Å². The number of carbonyl (C=O) groups is 4. The Bertz CT molecular complexity index is 1930. The van der Waals surface area contributed by atoms with Gasteiger partial charge in [0.05, 0.1) is 26.4 Å². The second-order valence-electron chi connectivity index (χ2n) is 30.0. The van der Waals surface area contributed by atoms with E-state index in [0.29, 0.717) is 25.7 Å². The number of ether oxygens (including phenoxy) is 4. The Balaban J connectivity index is 5.17. The zero-order valence-corrected chi connectivity index (χ0v) is 67.8. The summed E-state index contributed by atoms with van der Waals surface area (Å²) in [7, 11) is -9.91. The van der Waals surface area contributed by atoms with E-state index in [9.17, 15) is 43.2 Å². The van der Waals surface area contributed by atoms with Crippen LogP contribution in [0.5, 0.6) is 0 Å². The van der Waals surface area contributed by atoms with Crippen LogP contribution in [0.3, 0.4) is 0 Å². The lowest BCUT2D eigenvalue weighted by atomic mass is 10.0. The molecule has 0 bridgehead atoms. The van der Waals surface area contributed by atoms with Gasteiger partial charge in [-0.3, -0.25) is 37.3 Å². The number of aliphatic hydroxyl groups is 1. The van der Waals surface area contributed by atoms with Gasteiger partial charge in [-0.25, -0.2) is 9.13 Å². The Hall–Kier alpha value is -1.94. The predicted octanol–water partition coefficient (Wildman–Crippen LogP) is 24.8. The minimum atomic E-state index is -4.96. The van der Waals surface area contributed by atoms with Gasteiger partial charge in [-0.2, -0.15) is 0 Å². The van der Waals surface area contributed by atoms with Gasteiger partial charge in [0.2, 0.25) is 0 Å². The van der Waals surface area contributed by atoms with Crippen LogP contribution in [-0.4, -0.2) is 96.7 Å². The number of phosphoric ester groups is 2. The smallest absolute Gasteiger partial charge is 0.462 e. The average Bonchev–Trinajstić information content (AvgIpc) is 0.976. The summed E-state index contributed by atoms with van der Waals surface area (Å²) in [6, 6.07) is 0. The van der Waals surface area contributed by atoms with Crippen LogP contribution >= 0.6 is 15.6 Å². The summed E-state index contributed by atoms with van der Waals surface area (Å²) in [5.74, 6) is -1.37. The van der Waals surface area contributed by atoms with Gasteiger partial charge < -0.3 is 33.8 Å². The average molecular weight is 1480 g/mol. The molecular formula is C82H160O17P2. The largest absolute Gasteiger partial charge is 0.472 e. The van der Waals surface area contributed by atoms with Gasteiger partial charge in [0, 0.05) is 25.7 Å². The Kier molecular flexibility index (Phi) is 73.5. The van der Waals surface area contributed by atoms with E-state index >= 15 is 0 Å². The van der Waals surface area contributed by atoms with Crippen molar-refractivity contribution in [1.29, 1.82) is 0 Å². The lowest BCUT2D eigenvalue weighted by Gasteiger charge is -2.21. The van der Waals surface area contributed by atoms with Gasteiger partial charge in [0.15, 0.2) is 12.2 Å². The highest BCUT2D eigenvalue weighted by Gasteiger charge is 2.30. The first-order valence-electron chi connectivity index (χ1n) is 42.6. The first kappa shape index (κ1) is 99.1. The standard InChI is InChI=1S/C82H160O17P2/c1-6-9-12-15-18-21-23-25-27-29-31-33-35-37-39-41-43-47-52-57-62-67-81(86)98-78(72-93-80(85)66-61-56-51-46-42-40-38-36-34-32-30-28-26-24-22-19-16-13-10-7-2)74-97-101(90,91)95-70-76(83)69-94-100(88,89)96-73-77(71-92-79(84)65-60-55-50-20-17-14-11-8-3)99-82(87)68-63-58-53-48-44-45-49-54-59-64-75(4)5/h75-78,83H,6-74H2,1-5H3,(H,88,89)(H,90,91)/t76-,77+,78+/m0/s1. The van der Waals surface area contributed by atoms with Gasteiger partial charge in [0.25, 0.3) is 0 Å². The van der Waals surface area contributed by atoms with Crippen LogP contribution < -0.4 is 0 Å². The zero-order chi connectivity index (χ0) is 74.1. The molecule has 0 aliphatic heterocycles. The Morgan fingerprint density at radius 3 is 0.673 bits per heavy atom. The fourth-order valence-electron chi connectivity index (χ4n) is 12.8. The molecule has 0 spiro atoms. The van der Waals surface area contributed by atoms with Gasteiger partial charge >= 0.3 is 39.5 Å². The van der Waals surface area contributed by atoms with Crippen molar-refractivity contribution in [2.75, 3.05) is 39.6 Å². The lowest BCUT2D eigenvalue weighted by molar-refractivity contribution is -0.161. The van der Waals surface area contributed by atoms with E-state index in [-0.39, 0.29) is 25.7 Å². The minimum absolute atomic E-state index is 0.106. The van der Waals surface area contributed by atoms with Crippen LogP contribution in [0.4, 0.5) is 0 Å². The summed E-state index contributed by atoms with van der Waals surface area (Å²) >= 11 is 0. The van der Waals surface area contributed by atoms with Crippen LogP contribution in [-0.2, 0) is 65.4 Å². The SMILES string of the molecule is CCCCCCCCCCCCCCCCCCCCCCCC(=O)O[C@H](COC(=O)CCCCCCCCCCCCCCCCCCCCCC)COP(=O)(O)OC[C@@H](O)COP(=O)(O)OC[C@@H](COC(=O)CCCCCCCCCC)OC(=O)CCCCCCCCCCCC(C)C. The second kappa shape index (κ2) is 74.9. The zero-order valence-electron chi connectivity index (χ0n) is 66.1. The molecule has 3 N–H and O–H groups in total. The van der Waals surface area contributed by atoms with E-state index < -0.39 is 97.5 Å². The van der Waals surface area contributed by atoms with Crippen LogP contribution in [0.25, 0.3) is 0 Å². The molecule has 0 aliphatic carbocycles. The van der Waals surface area contributed by atoms with E-state index in [1.807, 2.05) is 0 Å². The molecular weight excluding hydrogens is 1320 g/mol. The molecule has 0 heterocycles. The maximum atomic E-state index is 13.1. The third kappa shape index (κ3) is 76.1. The normalized spacial score (nSPS) is 13.8. The number of esters is 4. The fraction of sp³-hybridized carbons (Fsp3) is 0.951. The highest BCUT2D eigenvalue weighted by Crippen LogP contribution is 2.45. The van der Waals surface area contributed by atoms with Crippen molar-refractivity contribution in [2.24, 2.45) is 5.92 Å². The maximum absolute atomic E-state index is 13.1.